The molecule has 3 heterocycles. The number of ether oxygens (including phenoxy) is 1. The lowest BCUT2D eigenvalue weighted by molar-refractivity contribution is -0.122. The van der Waals surface area contributed by atoms with Gasteiger partial charge >= 0.3 is 0 Å². The number of nitrogens with one attached hydrogen (secondary N) is 2. The van der Waals surface area contributed by atoms with Crippen LogP contribution in [0.4, 0.5) is 26.3 Å². The molecule has 2 atom stereocenters. The molecule has 11 nitrogen and oxygen atoms in total. The summed E-state index contributed by atoms with van der Waals surface area (Å²) in [5.74, 6) is -5.13. The number of aromatic nitrogens is 5. The first-order valence-corrected chi connectivity index (χ1v) is 13.8. The highest BCUT2D eigenvalue weighted by Gasteiger charge is 2.40. The molecule has 0 saturated heterocycles. The van der Waals surface area contributed by atoms with Crippen molar-refractivity contribution in [2.45, 2.75) is 82.2 Å². The molecule has 2 aliphatic rings. The van der Waals surface area contributed by atoms with Crippen LogP contribution in [0.25, 0.3) is 5.65 Å². The third-order valence-electron chi connectivity index (χ3n) is 7.58. The Morgan fingerprint density at radius 3 is 2.42 bits per heavy atom. The van der Waals surface area contributed by atoms with Gasteiger partial charge in [0.2, 0.25) is 23.9 Å². The van der Waals surface area contributed by atoms with Gasteiger partial charge in [-0.2, -0.15) is 5.10 Å². The van der Waals surface area contributed by atoms with Crippen LogP contribution in [0.5, 0.6) is 5.88 Å². The second-order valence-corrected chi connectivity index (χ2v) is 10.8. The van der Waals surface area contributed by atoms with E-state index in [0.717, 1.165) is 12.8 Å². The second kappa shape index (κ2) is 12.8. The number of carbonyl (C=O) groups is 2. The molecular weight excluding hydrogens is 588 g/mol. The summed E-state index contributed by atoms with van der Waals surface area (Å²) in [6, 6.07) is 0.324. The van der Waals surface area contributed by atoms with Crippen molar-refractivity contribution >= 4 is 17.5 Å². The average Bonchev–Trinajstić information content (AvgIpc) is 3.53. The van der Waals surface area contributed by atoms with Crippen molar-refractivity contribution < 1.29 is 45.3 Å². The van der Waals surface area contributed by atoms with Gasteiger partial charge in [0.05, 0.1) is 30.2 Å². The first-order valence-electron chi connectivity index (χ1n) is 13.8. The molecule has 3 aromatic heterocycles. The molecular formula is C26H29F6N7O4. The van der Waals surface area contributed by atoms with E-state index in [9.17, 15) is 35.9 Å². The van der Waals surface area contributed by atoms with E-state index in [1.807, 2.05) is 0 Å². The van der Waals surface area contributed by atoms with Gasteiger partial charge in [-0.3, -0.25) is 9.59 Å². The molecule has 2 saturated carbocycles. The van der Waals surface area contributed by atoms with Crippen LogP contribution in [-0.2, 0) is 4.79 Å². The van der Waals surface area contributed by atoms with Gasteiger partial charge in [0, 0.05) is 25.7 Å². The van der Waals surface area contributed by atoms with Gasteiger partial charge in [0.15, 0.2) is 12.3 Å². The minimum atomic E-state index is -2.84. The van der Waals surface area contributed by atoms with Crippen LogP contribution in [0.1, 0.15) is 85.2 Å². The van der Waals surface area contributed by atoms with Crippen LogP contribution in [0.2, 0.25) is 0 Å². The van der Waals surface area contributed by atoms with Crippen LogP contribution < -0.4 is 15.4 Å². The number of halogens is 6. The van der Waals surface area contributed by atoms with E-state index in [2.05, 4.69) is 35.7 Å². The fraction of sp³-hybridized carbons (Fsp3) is 0.615. The predicted molar refractivity (Wildman–Crippen MR) is 135 cm³/mol. The minimum Gasteiger partial charge on any atom is -0.468 e. The molecule has 0 aliphatic heterocycles. The van der Waals surface area contributed by atoms with Gasteiger partial charge in [-0.05, 0) is 59.5 Å². The van der Waals surface area contributed by atoms with E-state index in [1.165, 1.54) is 16.9 Å². The summed E-state index contributed by atoms with van der Waals surface area (Å²) in [5, 5.41) is 16.7. The quantitative estimate of drug-likeness (QED) is 0.264. The lowest BCUT2D eigenvalue weighted by Gasteiger charge is -2.33. The summed E-state index contributed by atoms with van der Waals surface area (Å²) >= 11 is 0. The van der Waals surface area contributed by atoms with E-state index >= 15 is 0 Å². The second-order valence-electron chi connectivity index (χ2n) is 10.8. The highest BCUT2D eigenvalue weighted by Crippen LogP contribution is 2.43. The first-order chi connectivity index (χ1) is 20.5. The van der Waals surface area contributed by atoms with Crippen LogP contribution in [0.3, 0.4) is 0 Å². The van der Waals surface area contributed by atoms with E-state index in [0.29, 0.717) is 16.9 Å². The Bertz CT molecular complexity index is 1420. The number of hydrogen-bond donors (Lipinski definition) is 2. The number of imidazole rings is 1. The monoisotopic (exact) mass is 617 g/mol. The summed E-state index contributed by atoms with van der Waals surface area (Å²) in [6.45, 7) is -1.05. The number of alkyl halides is 6. The Labute approximate surface area is 240 Å². The van der Waals surface area contributed by atoms with Crippen LogP contribution in [-0.4, -0.2) is 62.1 Å². The molecule has 0 spiro atoms. The van der Waals surface area contributed by atoms with Crippen molar-refractivity contribution in [1.29, 1.82) is 0 Å². The van der Waals surface area contributed by atoms with Crippen molar-refractivity contribution in [2.24, 2.45) is 11.8 Å². The van der Waals surface area contributed by atoms with Crippen LogP contribution in [0, 0.1) is 11.8 Å². The molecule has 2 N–H and O–H groups in total. The number of nitrogens with zero attached hydrogens (tertiary/aromatic N) is 5. The maximum atomic E-state index is 14.0. The van der Waals surface area contributed by atoms with E-state index in [4.69, 9.17) is 4.74 Å². The summed E-state index contributed by atoms with van der Waals surface area (Å²) in [5.41, 5.74) is 0.754. The fourth-order valence-corrected chi connectivity index (χ4v) is 5.21. The number of amides is 2. The highest BCUT2D eigenvalue weighted by molar-refractivity contribution is 5.94. The van der Waals surface area contributed by atoms with E-state index in [1.54, 1.807) is 6.07 Å². The number of rotatable bonds is 13. The number of hydrogen-bond acceptors (Lipinski definition) is 8. The van der Waals surface area contributed by atoms with Crippen molar-refractivity contribution in [3.8, 4) is 5.88 Å². The number of carbonyl (C=O) groups excluding carboxylic acids is 2. The molecule has 5 rings (SSSR count). The van der Waals surface area contributed by atoms with Gasteiger partial charge in [0.1, 0.15) is 0 Å². The number of fused-ring (bicyclic) bond motifs is 1. The summed E-state index contributed by atoms with van der Waals surface area (Å²) in [6.07, 6.45) is -2.25. The Kier molecular flexibility index (Phi) is 9.05. The lowest BCUT2D eigenvalue weighted by Crippen LogP contribution is -2.37. The smallest absolute Gasteiger partial charge is 0.289 e. The molecule has 234 valence electrons. The van der Waals surface area contributed by atoms with Crippen molar-refractivity contribution in [1.82, 2.24) is 35.5 Å². The maximum absolute atomic E-state index is 14.0. The van der Waals surface area contributed by atoms with E-state index in [-0.39, 0.29) is 25.2 Å². The summed E-state index contributed by atoms with van der Waals surface area (Å²) in [4.78, 5) is 30.0. The molecule has 0 aromatic carbocycles. The molecule has 0 bridgehead atoms. The van der Waals surface area contributed by atoms with Crippen LogP contribution in [0.15, 0.2) is 23.1 Å². The third kappa shape index (κ3) is 7.73. The summed E-state index contributed by atoms with van der Waals surface area (Å²) < 4.78 is 89.1. The van der Waals surface area contributed by atoms with Gasteiger partial charge < -0.3 is 15.4 Å². The largest absolute Gasteiger partial charge is 0.468 e. The zero-order chi connectivity index (χ0) is 30.7. The van der Waals surface area contributed by atoms with Crippen molar-refractivity contribution in [3.63, 3.8) is 0 Å². The predicted octanol–water partition coefficient (Wildman–Crippen LogP) is 4.67. The topological polar surface area (TPSA) is 137 Å². The van der Waals surface area contributed by atoms with Gasteiger partial charge in [-0.15, -0.1) is 0 Å². The molecule has 0 radical (unpaired) electrons. The molecule has 3 aromatic rings. The summed E-state index contributed by atoms with van der Waals surface area (Å²) in [7, 11) is 0. The van der Waals surface area contributed by atoms with Gasteiger partial charge in [0.25, 0.3) is 18.2 Å². The minimum absolute atomic E-state index is 0.0602. The molecule has 2 amide bonds. The molecule has 2 aliphatic carbocycles. The zero-order valence-electron chi connectivity index (χ0n) is 22.7. The fourth-order valence-electron chi connectivity index (χ4n) is 5.21. The molecule has 17 heteroatoms. The Balaban J connectivity index is 1.39. The average molecular weight is 618 g/mol. The van der Waals surface area contributed by atoms with Crippen molar-refractivity contribution in [3.05, 3.63) is 35.4 Å². The Morgan fingerprint density at radius 2 is 1.74 bits per heavy atom. The van der Waals surface area contributed by atoms with Crippen LogP contribution >= 0.6 is 0 Å². The van der Waals surface area contributed by atoms with Crippen molar-refractivity contribution in [2.75, 3.05) is 6.61 Å². The Morgan fingerprint density at radius 1 is 1.02 bits per heavy atom. The maximum Gasteiger partial charge on any atom is 0.289 e. The SMILES string of the molecule is O=C(CCC(F)F)N[C@@H](c1cnn2cc([C@@H](NC(=O)c3nonc3OCC(F)F)C3CCC(F)(F)CC3)nc2c1)C1CC1. The molecule has 43 heavy (non-hydrogen) atoms. The molecule has 2 fully saturated rings. The standard InChI is InChI=1S/C26H29F6N7O4/c27-17(28)3-4-20(40)35-21(13-1-2-13)15-9-19-34-16(11-39(19)33-10-15)22(14-5-7-26(31,32)8-6-14)36-24(41)23-25(38-43-37-23)42-12-18(29)30/h9-11,13-14,17-18,21-22H,1-8,12H2,(H,35,40)(H,36,41)/t21-,22+/m1/s1. The van der Waals surface area contributed by atoms with E-state index < -0.39 is 86.0 Å². The Hall–Kier alpha value is -3.92. The normalized spacial score (nSPS) is 18.6. The van der Waals surface area contributed by atoms with Gasteiger partial charge in [-0.25, -0.2) is 40.5 Å². The zero-order valence-corrected chi connectivity index (χ0v) is 22.7. The third-order valence-corrected chi connectivity index (χ3v) is 7.58. The first kappa shape index (κ1) is 30.5. The molecule has 0 unspecified atom stereocenters. The lowest BCUT2D eigenvalue weighted by atomic mass is 9.81. The highest BCUT2D eigenvalue weighted by atomic mass is 19.3. The van der Waals surface area contributed by atoms with Gasteiger partial charge in [-0.1, -0.05) is 0 Å².